The Bertz CT molecular complexity index is 567. The standard InChI is InChI=1S/C11H15NO4S.Na/c1-7-8(11(13)14)5-6-9(17(4,15)16)10(7)12(2)3;/h5-6H,1-4H3,(H,13,14);. The van der Waals surface area contributed by atoms with Crippen molar-refractivity contribution in [3.63, 3.8) is 0 Å². The predicted octanol–water partition coefficient (Wildman–Crippen LogP) is 0.782. The molecule has 0 atom stereocenters. The van der Waals surface area contributed by atoms with Crippen molar-refractivity contribution in [2.45, 2.75) is 11.8 Å². The van der Waals surface area contributed by atoms with Gasteiger partial charge < -0.3 is 10.0 Å². The molecule has 1 N–H and O–H groups in total. The Morgan fingerprint density at radius 1 is 1.28 bits per heavy atom. The van der Waals surface area contributed by atoms with Gasteiger partial charge in [0.2, 0.25) is 0 Å². The van der Waals surface area contributed by atoms with Crippen molar-refractivity contribution in [1.29, 1.82) is 0 Å². The van der Waals surface area contributed by atoms with Gasteiger partial charge in [-0.3, -0.25) is 0 Å². The quantitative estimate of drug-likeness (QED) is 0.828. The fraction of sp³-hybridized carbons (Fsp3) is 0.364. The number of carbonyl (C=O) groups is 1. The molecule has 95 valence electrons. The van der Waals surface area contributed by atoms with E-state index < -0.39 is 15.8 Å². The van der Waals surface area contributed by atoms with Gasteiger partial charge in [0.15, 0.2) is 9.84 Å². The molecule has 0 spiro atoms. The molecule has 0 aromatic heterocycles. The Labute approximate surface area is 129 Å². The monoisotopic (exact) mass is 280 g/mol. The number of nitrogens with zero attached hydrogens (tertiary/aromatic N) is 1. The average molecular weight is 280 g/mol. The molecule has 0 aliphatic carbocycles. The van der Waals surface area contributed by atoms with E-state index in [4.69, 9.17) is 5.11 Å². The Morgan fingerprint density at radius 2 is 1.78 bits per heavy atom. The molecule has 1 aromatic carbocycles. The number of anilines is 1. The maximum absolute atomic E-state index is 11.6. The summed E-state index contributed by atoms with van der Waals surface area (Å²) in [4.78, 5) is 12.7. The summed E-state index contributed by atoms with van der Waals surface area (Å²) in [6, 6.07) is 2.65. The zero-order valence-electron chi connectivity index (χ0n) is 11.2. The summed E-state index contributed by atoms with van der Waals surface area (Å²) in [6.07, 6.45) is 1.11. The summed E-state index contributed by atoms with van der Waals surface area (Å²) in [5.74, 6) is -1.06. The van der Waals surface area contributed by atoms with Gasteiger partial charge in [-0.25, -0.2) is 13.2 Å². The summed E-state index contributed by atoms with van der Waals surface area (Å²) in [5.41, 5.74) is 0.985. The number of aromatic carboxylic acids is 1. The number of benzene rings is 1. The van der Waals surface area contributed by atoms with Crippen molar-refractivity contribution in [1.82, 2.24) is 0 Å². The molecule has 7 heteroatoms. The minimum atomic E-state index is -3.38. The summed E-state index contributed by atoms with van der Waals surface area (Å²) in [5, 5.41) is 9.00. The first-order valence-corrected chi connectivity index (χ1v) is 6.79. The van der Waals surface area contributed by atoms with Gasteiger partial charge in [-0.2, -0.15) is 0 Å². The van der Waals surface area contributed by atoms with Crippen molar-refractivity contribution in [2.75, 3.05) is 25.3 Å². The molecule has 0 fully saturated rings. The van der Waals surface area contributed by atoms with Crippen LogP contribution in [0.1, 0.15) is 15.9 Å². The third kappa shape index (κ3) is 3.47. The van der Waals surface area contributed by atoms with Gasteiger partial charge >= 0.3 is 5.97 Å². The van der Waals surface area contributed by atoms with Crippen LogP contribution in [-0.4, -0.2) is 69.4 Å². The van der Waals surface area contributed by atoms with E-state index in [2.05, 4.69) is 0 Å². The number of hydrogen-bond acceptors (Lipinski definition) is 4. The first kappa shape index (κ1) is 17.4. The van der Waals surface area contributed by atoms with Crippen molar-refractivity contribution in [3.8, 4) is 0 Å². The van der Waals surface area contributed by atoms with Gasteiger partial charge in [0.25, 0.3) is 0 Å². The van der Waals surface area contributed by atoms with Crippen LogP contribution in [0.5, 0.6) is 0 Å². The smallest absolute Gasteiger partial charge is 0.336 e. The number of carboxylic acid groups (broad SMARTS) is 1. The fourth-order valence-electron chi connectivity index (χ4n) is 1.76. The van der Waals surface area contributed by atoms with Crippen molar-refractivity contribution in [2.24, 2.45) is 0 Å². The normalized spacial score (nSPS) is 10.7. The molecule has 1 radical (unpaired) electrons. The van der Waals surface area contributed by atoms with Crippen LogP contribution in [0.2, 0.25) is 0 Å². The first-order valence-electron chi connectivity index (χ1n) is 4.90. The molecule has 0 aliphatic rings. The number of hydrogen-bond donors (Lipinski definition) is 1. The van der Waals surface area contributed by atoms with Gasteiger partial charge in [0.05, 0.1) is 16.1 Å². The minimum absolute atomic E-state index is 0. The molecular weight excluding hydrogens is 265 g/mol. The topological polar surface area (TPSA) is 74.7 Å². The molecule has 0 aliphatic heterocycles. The Balaban J connectivity index is 0.00000289. The van der Waals surface area contributed by atoms with E-state index in [-0.39, 0.29) is 40.0 Å². The largest absolute Gasteiger partial charge is 0.478 e. The Kier molecular flexibility index (Phi) is 5.87. The summed E-state index contributed by atoms with van der Waals surface area (Å²) in [7, 11) is -0.0117. The Morgan fingerprint density at radius 3 is 2.11 bits per heavy atom. The SMILES string of the molecule is Cc1c(C(=O)O)ccc(S(C)(=O)=O)c1N(C)C.[Na]. The van der Waals surface area contributed by atoms with Crippen LogP contribution in [0.15, 0.2) is 17.0 Å². The van der Waals surface area contributed by atoms with E-state index in [1.54, 1.807) is 25.9 Å². The third-order valence-corrected chi connectivity index (χ3v) is 3.60. The van der Waals surface area contributed by atoms with Gasteiger partial charge in [0, 0.05) is 49.9 Å². The minimum Gasteiger partial charge on any atom is -0.478 e. The molecule has 0 bridgehead atoms. The second kappa shape index (κ2) is 6.06. The van der Waals surface area contributed by atoms with E-state index in [0.717, 1.165) is 6.26 Å². The van der Waals surface area contributed by atoms with Gasteiger partial charge in [0.1, 0.15) is 0 Å². The van der Waals surface area contributed by atoms with E-state index in [9.17, 15) is 13.2 Å². The molecule has 18 heavy (non-hydrogen) atoms. The van der Waals surface area contributed by atoms with Crippen LogP contribution in [0.3, 0.4) is 0 Å². The van der Waals surface area contributed by atoms with Crippen LogP contribution in [0, 0.1) is 6.92 Å². The molecule has 0 saturated carbocycles. The molecule has 0 heterocycles. The fourth-order valence-corrected chi connectivity index (χ4v) is 2.76. The predicted molar refractivity (Wildman–Crippen MR) is 71.3 cm³/mol. The number of sulfone groups is 1. The van der Waals surface area contributed by atoms with Crippen LogP contribution >= 0.6 is 0 Å². The Hall–Kier alpha value is -0.560. The first-order chi connectivity index (χ1) is 7.66. The number of rotatable bonds is 3. The van der Waals surface area contributed by atoms with E-state index in [1.165, 1.54) is 12.1 Å². The molecule has 5 nitrogen and oxygen atoms in total. The molecular formula is C11H15NNaO4S. The van der Waals surface area contributed by atoms with Gasteiger partial charge in [-0.05, 0) is 24.6 Å². The van der Waals surface area contributed by atoms with Crippen molar-refractivity contribution in [3.05, 3.63) is 23.3 Å². The van der Waals surface area contributed by atoms with E-state index in [0.29, 0.717) is 11.3 Å². The zero-order chi connectivity index (χ0) is 13.4. The van der Waals surface area contributed by atoms with Crippen LogP contribution in [-0.2, 0) is 9.84 Å². The molecule has 1 rings (SSSR count). The second-order valence-electron chi connectivity index (χ2n) is 4.06. The number of carboxylic acids is 1. The summed E-state index contributed by atoms with van der Waals surface area (Å²) < 4.78 is 23.2. The van der Waals surface area contributed by atoms with Crippen LogP contribution in [0.4, 0.5) is 5.69 Å². The molecule has 1 aromatic rings. The van der Waals surface area contributed by atoms with Crippen LogP contribution in [0.25, 0.3) is 0 Å². The van der Waals surface area contributed by atoms with E-state index >= 15 is 0 Å². The maximum Gasteiger partial charge on any atom is 0.336 e. The van der Waals surface area contributed by atoms with Gasteiger partial charge in [-0.1, -0.05) is 0 Å². The van der Waals surface area contributed by atoms with Crippen molar-refractivity contribution < 1.29 is 18.3 Å². The maximum atomic E-state index is 11.6. The van der Waals surface area contributed by atoms with E-state index in [1.807, 2.05) is 0 Å². The van der Waals surface area contributed by atoms with Crippen LogP contribution < -0.4 is 4.90 Å². The molecule has 0 saturated heterocycles. The van der Waals surface area contributed by atoms with Crippen molar-refractivity contribution >= 4 is 51.1 Å². The zero-order valence-corrected chi connectivity index (χ0v) is 14.0. The molecule has 0 unspecified atom stereocenters. The average Bonchev–Trinajstić information content (AvgIpc) is 2.14. The molecule has 0 amide bonds. The summed E-state index contributed by atoms with van der Waals surface area (Å²) in [6.45, 7) is 1.60. The van der Waals surface area contributed by atoms with Gasteiger partial charge in [-0.15, -0.1) is 0 Å². The third-order valence-electron chi connectivity index (χ3n) is 2.47. The summed E-state index contributed by atoms with van der Waals surface area (Å²) >= 11 is 0. The second-order valence-corrected chi connectivity index (χ2v) is 6.04.